The number of nitrogens with one attached hydrogen (secondary N) is 2. The third-order valence-corrected chi connectivity index (χ3v) is 3.02. The molecule has 0 aliphatic heterocycles. The van der Waals surface area contributed by atoms with Crippen LogP contribution in [0, 0.1) is 0 Å². The molecule has 23 heavy (non-hydrogen) atoms. The quantitative estimate of drug-likeness (QED) is 0.679. The monoisotopic (exact) mass is 319 g/mol. The molecule has 0 spiro atoms. The van der Waals surface area contributed by atoms with Crippen LogP contribution in [-0.4, -0.2) is 49.7 Å². The standard InChI is InChI=1S/C15H21N5O3/c1-21-8-4-7-16-15-19-14(10-17-20-15)18-11-5-6-12(22-2)13(9-11)23-3/h5-6,9-10H,4,7-8H2,1-3H3,(H2,16,18,19,20). The Balaban J connectivity index is 2.02. The summed E-state index contributed by atoms with van der Waals surface area (Å²) in [5.41, 5.74) is 0.813. The Kier molecular flexibility index (Phi) is 6.37. The third kappa shape index (κ3) is 4.96. The number of hydrogen-bond acceptors (Lipinski definition) is 8. The van der Waals surface area contributed by atoms with Crippen molar-refractivity contribution in [3.05, 3.63) is 24.4 Å². The maximum atomic E-state index is 5.28. The van der Waals surface area contributed by atoms with Crippen LogP contribution in [-0.2, 0) is 4.74 Å². The predicted octanol–water partition coefficient (Wildman–Crippen LogP) is 2.08. The van der Waals surface area contributed by atoms with Crippen LogP contribution in [0.15, 0.2) is 24.4 Å². The van der Waals surface area contributed by atoms with Gasteiger partial charge in [-0.05, 0) is 18.6 Å². The van der Waals surface area contributed by atoms with E-state index in [4.69, 9.17) is 14.2 Å². The first-order valence-electron chi connectivity index (χ1n) is 7.18. The molecule has 0 amide bonds. The van der Waals surface area contributed by atoms with Gasteiger partial charge in [0.1, 0.15) is 0 Å². The zero-order valence-electron chi connectivity index (χ0n) is 13.5. The molecular formula is C15H21N5O3. The van der Waals surface area contributed by atoms with Gasteiger partial charge in [-0.3, -0.25) is 0 Å². The topological polar surface area (TPSA) is 90.4 Å². The SMILES string of the molecule is COCCCNc1nncc(Nc2ccc(OC)c(OC)c2)n1. The highest BCUT2D eigenvalue weighted by Crippen LogP contribution is 2.30. The van der Waals surface area contributed by atoms with Gasteiger partial charge in [0.25, 0.3) is 0 Å². The van der Waals surface area contributed by atoms with Crippen LogP contribution in [0.25, 0.3) is 0 Å². The van der Waals surface area contributed by atoms with E-state index in [1.54, 1.807) is 27.5 Å². The van der Waals surface area contributed by atoms with Gasteiger partial charge in [0.15, 0.2) is 17.3 Å². The highest BCUT2D eigenvalue weighted by atomic mass is 16.5. The summed E-state index contributed by atoms with van der Waals surface area (Å²) in [6.45, 7) is 1.40. The summed E-state index contributed by atoms with van der Waals surface area (Å²) in [5, 5.41) is 14.1. The maximum Gasteiger partial charge on any atom is 0.244 e. The molecule has 0 atom stereocenters. The Labute approximate surface area is 135 Å². The average Bonchev–Trinajstić information content (AvgIpc) is 2.59. The number of methoxy groups -OCH3 is 3. The molecule has 0 aliphatic rings. The molecule has 8 heteroatoms. The van der Waals surface area contributed by atoms with Gasteiger partial charge >= 0.3 is 0 Å². The lowest BCUT2D eigenvalue weighted by Crippen LogP contribution is -2.09. The van der Waals surface area contributed by atoms with E-state index < -0.39 is 0 Å². The van der Waals surface area contributed by atoms with Gasteiger partial charge in [0.2, 0.25) is 5.95 Å². The lowest BCUT2D eigenvalue weighted by molar-refractivity contribution is 0.197. The van der Waals surface area contributed by atoms with E-state index >= 15 is 0 Å². The average molecular weight is 319 g/mol. The minimum atomic E-state index is 0.464. The van der Waals surface area contributed by atoms with Crippen LogP contribution >= 0.6 is 0 Å². The molecule has 0 fully saturated rings. The van der Waals surface area contributed by atoms with Crippen molar-refractivity contribution in [1.29, 1.82) is 0 Å². The predicted molar refractivity (Wildman–Crippen MR) is 87.6 cm³/mol. The molecular weight excluding hydrogens is 298 g/mol. The molecule has 2 aromatic rings. The van der Waals surface area contributed by atoms with Gasteiger partial charge in [-0.1, -0.05) is 0 Å². The molecule has 0 unspecified atom stereocenters. The zero-order chi connectivity index (χ0) is 16.5. The largest absolute Gasteiger partial charge is 0.493 e. The Morgan fingerprint density at radius 1 is 1.09 bits per heavy atom. The van der Waals surface area contributed by atoms with Crippen molar-refractivity contribution in [2.45, 2.75) is 6.42 Å². The minimum Gasteiger partial charge on any atom is -0.493 e. The van der Waals surface area contributed by atoms with Crippen molar-refractivity contribution in [3.8, 4) is 11.5 Å². The lowest BCUT2D eigenvalue weighted by Gasteiger charge is -2.11. The first kappa shape index (κ1) is 16.8. The van der Waals surface area contributed by atoms with Gasteiger partial charge in [0, 0.05) is 32.0 Å². The normalized spacial score (nSPS) is 10.2. The lowest BCUT2D eigenvalue weighted by atomic mass is 10.2. The first-order valence-corrected chi connectivity index (χ1v) is 7.18. The van der Waals surface area contributed by atoms with Crippen LogP contribution in [0.5, 0.6) is 11.5 Å². The zero-order valence-corrected chi connectivity index (χ0v) is 13.5. The minimum absolute atomic E-state index is 0.464. The number of anilines is 3. The molecule has 0 bridgehead atoms. The Bertz CT molecular complexity index is 624. The van der Waals surface area contributed by atoms with Crippen LogP contribution in [0.2, 0.25) is 0 Å². The fourth-order valence-corrected chi connectivity index (χ4v) is 1.92. The fraction of sp³-hybridized carbons (Fsp3) is 0.400. The van der Waals surface area contributed by atoms with Crippen molar-refractivity contribution >= 4 is 17.5 Å². The Morgan fingerprint density at radius 3 is 2.65 bits per heavy atom. The van der Waals surface area contributed by atoms with Crippen molar-refractivity contribution in [3.63, 3.8) is 0 Å². The van der Waals surface area contributed by atoms with Gasteiger partial charge < -0.3 is 24.8 Å². The van der Waals surface area contributed by atoms with E-state index in [1.165, 1.54) is 0 Å². The Hall–Kier alpha value is -2.61. The molecule has 8 nitrogen and oxygen atoms in total. The second kappa shape index (κ2) is 8.74. The molecule has 0 radical (unpaired) electrons. The number of ether oxygens (including phenoxy) is 3. The van der Waals surface area contributed by atoms with Crippen molar-refractivity contribution in [1.82, 2.24) is 15.2 Å². The summed E-state index contributed by atoms with van der Waals surface area (Å²) in [6.07, 6.45) is 2.42. The molecule has 0 saturated carbocycles. The molecule has 1 aromatic heterocycles. The second-order valence-electron chi connectivity index (χ2n) is 4.63. The number of aromatic nitrogens is 3. The van der Waals surface area contributed by atoms with Crippen LogP contribution < -0.4 is 20.1 Å². The summed E-state index contributed by atoms with van der Waals surface area (Å²) in [4.78, 5) is 4.36. The Morgan fingerprint density at radius 2 is 1.91 bits per heavy atom. The summed E-state index contributed by atoms with van der Waals surface area (Å²) >= 11 is 0. The highest BCUT2D eigenvalue weighted by Gasteiger charge is 2.06. The molecule has 0 aliphatic carbocycles. The number of hydrogen-bond donors (Lipinski definition) is 2. The van der Waals surface area contributed by atoms with E-state index in [2.05, 4.69) is 25.8 Å². The molecule has 2 N–H and O–H groups in total. The maximum absolute atomic E-state index is 5.28. The number of rotatable bonds is 9. The smallest absolute Gasteiger partial charge is 0.244 e. The van der Waals surface area contributed by atoms with E-state index in [0.717, 1.165) is 18.7 Å². The van der Waals surface area contributed by atoms with Crippen LogP contribution in [0.3, 0.4) is 0 Å². The van der Waals surface area contributed by atoms with Crippen LogP contribution in [0.4, 0.5) is 17.5 Å². The summed E-state index contributed by atoms with van der Waals surface area (Å²) < 4.78 is 15.5. The molecule has 2 rings (SSSR count). The van der Waals surface area contributed by atoms with Gasteiger partial charge in [0.05, 0.1) is 20.4 Å². The van der Waals surface area contributed by atoms with E-state index in [0.29, 0.717) is 29.9 Å². The first-order chi connectivity index (χ1) is 11.3. The van der Waals surface area contributed by atoms with Gasteiger partial charge in [-0.15, -0.1) is 5.10 Å². The van der Waals surface area contributed by atoms with Gasteiger partial charge in [-0.25, -0.2) is 0 Å². The highest BCUT2D eigenvalue weighted by molar-refractivity contribution is 5.61. The van der Waals surface area contributed by atoms with Crippen LogP contribution in [0.1, 0.15) is 6.42 Å². The fourth-order valence-electron chi connectivity index (χ4n) is 1.92. The molecule has 1 aromatic carbocycles. The van der Waals surface area contributed by atoms with Crippen molar-refractivity contribution in [2.24, 2.45) is 0 Å². The number of benzene rings is 1. The van der Waals surface area contributed by atoms with E-state index in [1.807, 2.05) is 18.2 Å². The van der Waals surface area contributed by atoms with Crippen molar-refractivity contribution < 1.29 is 14.2 Å². The summed E-state index contributed by atoms with van der Waals surface area (Å²) in [6, 6.07) is 5.52. The molecule has 124 valence electrons. The molecule has 0 saturated heterocycles. The van der Waals surface area contributed by atoms with Crippen molar-refractivity contribution in [2.75, 3.05) is 45.1 Å². The number of nitrogens with zero attached hydrogens (tertiary/aromatic N) is 3. The second-order valence-corrected chi connectivity index (χ2v) is 4.63. The van der Waals surface area contributed by atoms with E-state index in [9.17, 15) is 0 Å². The summed E-state index contributed by atoms with van der Waals surface area (Å²) in [7, 11) is 4.86. The molecule has 1 heterocycles. The van der Waals surface area contributed by atoms with E-state index in [-0.39, 0.29) is 0 Å². The summed E-state index contributed by atoms with van der Waals surface area (Å²) in [5.74, 6) is 2.35. The van der Waals surface area contributed by atoms with Gasteiger partial charge in [-0.2, -0.15) is 10.1 Å². The third-order valence-electron chi connectivity index (χ3n) is 3.02.